The highest BCUT2D eigenvalue weighted by atomic mass is 16.3. The fourth-order valence-corrected chi connectivity index (χ4v) is 4.27. The van der Waals surface area contributed by atoms with E-state index in [1.54, 1.807) is 0 Å². The van der Waals surface area contributed by atoms with Crippen LogP contribution in [-0.2, 0) is 11.3 Å². The molecule has 4 rings (SSSR count). The zero-order valence-electron chi connectivity index (χ0n) is 16.0. The molecule has 1 aliphatic rings. The minimum Gasteiger partial charge on any atom is -0.456 e. The summed E-state index contributed by atoms with van der Waals surface area (Å²) in [6.07, 6.45) is 0.714. The standard InChI is InChI=1S/C22H27N3O2/c1-3-24(4-2)22(26)19-12-16(23)14-25(19)13-15-8-7-10-18-17-9-5-6-11-20(17)27-21(15)18/h5-11,16,19H,3-4,12-14,23H2,1-2H3/t16-,19+/m1/s1. The number of fused-ring (bicyclic) bond motifs is 3. The summed E-state index contributed by atoms with van der Waals surface area (Å²) in [5.41, 5.74) is 9.14. The number of hydrogen-bond donors (Lipinski definition) is 1. The van der Waals surface area contributed by atoms with Gasteiger partial charge in [0.05, 0.1) is 6.04 Å². The van der Waals surface area contributed by atoms with Crippen molar-refractivity contribution < 1.29 is 9.21 Å². The highest BCUT2D eigenvalue weighted by Gasteiger charge is 2.37. The van der Waals surface area contributed by atoms with Gasteiger partial charge in [0.15, 0.2) is 0 Å². The normalized spacial score (nSPS) is 20.6. The molecule has 2 N–H and O–H groups in total. The lowest BCUT2D eigenvalue weighted by atomic mass is 10.1. The molecule has 1 aromatic heterocycles. The SMILES string of the molecule is CCN(CC)C(=O)[C@@H]1C[C@@H](N)CN1Cc1cccc2c1oc1ccccc12. The maximum atomic E-state index is 13.0. The van der Waals surface area contributed by atoms with Crippen molar-refractivity contribution in [3.63, 3.8) is 0 Å². The summed E-state index contributed by atoms with van der Waals surface area (Å²) in [7, 11) is 0. The number of carbonyl (C=O) groups excluding carboxylic acids is 1. The van der Waals surface area contributed by atoms with E-state index in [1.165, 1.54) is 0 Å². The van der Waals surface area contributed by atoms with Crippen LogP contribution < -0.4 is 5.73 Å². The van der Waals surface area contributed by atoms with Gasteiger partial charge in [0.1, 0.15) is 11.2 Å². The first kappa shape index (κ1) is 18.0. The minimum absolute atomic E-state index is 0.0318. The number of nitrogens with zero attached hydrogens (tertiary/aromatic N) is 2. The second-order valence-electron chi connectivity index (χ2n) is 7.34. The number of para-hydroxylation sites is 2. The Morgan fingerprint density at radius 1 is 1.15 bits per heavy atom. The predicted molar refractivity (Wildman–Crippen MR) is 108 cm³/mol. The molecule has 1 fully saturated rings. The summed E-state index contributed by atoms with van der Waals surface area (Å²) in [6.45, 7) is 6.91. The van der Waals surface area contributed by atoms with Crippen LogP contribution >= 0.6 is 0 Å². The predicted octanol–water partition coefficient (Wildman–Crippen LogP) is 3.36. The molecule has 3 aromatic rings. The molecule has 0 radical (unpaired) electrons. The first-order chi connectivity index (χ1) is 13.1. The second-order valence-corrected chi connectivity index (χ2v) is 7.34. The topological polar surface area (TPSA) is 62.7 Å². The summed E-state index contributed by atoms with van der Waals surface area (Å²) >= 11 is 0. The van der Waals surface area contributed by atoms with Gasteiger partial charge in [-0.3, -0.25) is 9.69 Å². The Labute approximate surface area is 159 Å². The maximum absolute atomic E-state index is 13.0. The van der Waals surface area contributed by atoms with Gasteiger partial charge < -0.3 is 15.1 Å². The molecule has 2 heterocycles. The van der Waals surface area contributed by atoms with Gasteiger partial charge in [0.25, 0.3) is 0 Å². The minimum atomic E-state index is -0.153. The zero-order valence-corrected chi connectivity index (χ0v) is 16.0. The molecule has 0 spiro atoms. The summed E-state index contributed by atoms with van der Waals surface area (Å²) in [5, 5.41) is 2.25. The Bertz CT molecular complexity index is 961. The van der Waals surface area contributed by atoms with E-state index in [2.05, 4.69) is 29.2 Å². The molecule has 2 atom stereocenters. The van der Waals surface area contributed by atoms with Crippen molar-refractivity contribution in [3.8, 4) is 0 Å². The van der Waals surface area contributed by atoms with Crippen LogP contribution in [0.2, 0.25) is 0 Å². The van der Waals surface area contributed by atoms with Crippen LogP contribution in [0.4, 0.5) is 0 Å². The van der Waals surface area contributed by atoms with Gasteiger partial charge in [0.2, 0.25) is 5.91 Å². The van der Waals surface area contributed by atoms with Crippen LogP contribution in [0.5, 0.6) is 0 Å². The molecule has 5 heteroatoms. The van der Waals surface area contributed by atoms with Crippen LogP contribution in [0, 0.1) is 0 Å². The van der Waals surface area contributed by atoms with Crippen LogP contribution in [0.25, 0.3) is 21.9 Å². The number of likely N-dealkylation sites (N-methyl/N-ethyl adjacent to an activating group) is 1. The van der Waals surface area contributed by atoms with E-state index in [0.717, 1.165) is 47.1 Å². The smallest absolute Gasteiger partial charge is 0.239 e. The molecular weight excluding hydrogens is 338 g/mol. The Morgan fingerprint density at radius 3 is 2.67 bits per heavy atom. The Balaban J connectivity index is 1.67. The largest absolute Gasteiger partial charge is 0.456 e. The van der Waals surface area contributed by atoms with E-state index < -0.39 is 0 Å². The number of hydrogen-bond acceptors (Lipinski definition) is 4. The number of nitrogens with two attached hydrogens (primary N) is 1. The molecule has 1 amide bonds. The van der Waals surface area contributed by atoms with Gasteiger partial charge in [-0.05, 0) is 26.3 Å². The van der Waals surface area contributed by atoms with Crippen LogP contribution in [0.3, 0.4) is 0 Å². The lowest BCUT2D eigenvalue weighted by molar-refractivity contribution is -0.135. The van der Waals surface area contributed by atoms with Gasteiger partial charge >= 0.3 is 0 Å². The first-order valence-corrected chi connectivity index (χ1v) is 9.79. The summed E-state index contributed by atoms with van der Waals surface area (Å²) in [5.74, 6) is 0.185. The van der Waals surface area contributed by atoms with Crippen molar-refractivity contribution in [1.82, 2.24) is 9.80 Å². The van der Waals surface area contributed by atoms with Crippen molar-refractivity contribution in [2.75, 3.05) is 19.6 Å². The Hall–Kier alpha value is -2.37. The number of likely N-dealkylation sites (tertiary alicyclic amines) is 1. The molecule has 2 aromatic carbocycles. The molecule has 1 saturated heterocycles. The Morgan fingerprint density at radius 2 is 1.89 bits per heavy atom. The molecular formula is C22H27N3O2. The van der Waals surface area contributed by atoms with Crippen molar-refractivity contribution in [2.24, 2.45) is 5.73 Å². The van der Waals surface area contributed by atoms with Crippen molar-refractivity contribution in [3.05, 3.63) is 48.0 Å². The number of rotatable bonds is 5. The molecule has 0 unspecified atom stereocenters. The third-order valence-electron chi connectivity index (χ3n) is 5.66. The Kier molecular flexibility index (Phi) is 4.89. The fourth-order valence-electron chi connectivity index (χ4n) is 4.27. The number of furan rings is 1. The van der Waals surface area contributed by atoms with E-state index in [1.807, 2.05) is 36.9 Å². The summed E-state index contributed by atoms with van der Waals surface area (Å²) < 4.78 is 6.15. The molecule has 27 heavy (non-hydrogen) atoms. The number of carbonyl (C=O) groups is 1. The molecule has 0 bridgehead atoms. The maximum Gasteiger partial charge on any atom is 0.239 e. The second kappa shape index (κ2) is 7.33. The van der Waals surface area contributed by atoms with Crippen LogP contribution in [-0.4, -0.2) is 47.4 Å². The molecule has 142 valence electrons. The third kappa shape index (κ3) is 3.22. The highest BCUT2D eigenvalue weighted by molar-refractivity contribution is 6.05. The van der Waals surface area contributed by atoms with Gasteiger partial charge in [-0.1, -0.05) is 36.4 Å². The lowest BCUT2D eigenvalue weighted by Crippen LogP contribution is -2.45. The number of amides is 1. The van der Waals surface area contributed by atoms with Gasteiger partial charge in [-0.25, -0.2) is 0 Å². The molecule has 5 nitrogen and oxygen atoms in total. The average Bonchev–Trinajstić information content (AvgIpc) is 3.23. The highest BCUT2D eigenvalue weighted by Crippen LogP contribution is 2.32. The summed E-state index contributed by atoms with van der Waals surface area (Å²) in [6, 6.07) is 14.2. The zero-order chi connectivity index (χ0) is 19.0. The monoisotopic (exact) mass is 365 g/mol. The van der Waals surface area contributed by atoms with E-state index in [0.29, 0.717) is 13.0 Å². The van der Waals surface area contributed by atoms with Gasteiger partial charge in [0, 0.05) is 48.6 Å². The van der Waals surface area contributed by atoms with Crippen molar-refractivity contribution in [1.29, 1.82) is 0 Å². The fraction of sp³-hybridized carbons (Fsp3) is 0.409. The van der Waals surface area contributed by atoms with E-state index >= 15 is 0 Å². The molecule has 1 aliphatic heterocycles. The van der Waals surface area contributed by atoms with Crippen LogP contribution in [0.1, 0.15) is 25.8 Å². The molecule has 0 saturated carbocycles. The summed E-state index contributed by atoms with van der Waals surface area (Å²) in [4.78, 5) is 17.1. The third-order valence-corrected chi connectivity index (χ3v) is 5.66. The van der Waals surface area contributed by atoms with E-state index in [4.69, 9.17) is 10.2 Å². The van der Waals surface area contributed by atoms with Crippen LogP contribution in [0.15, 0.2) is 46.9 Å². The lowest BCUT2D eigenvalue weighted by Gasteiger charge is -2.28. The first-order valence-electron chi connectivity index (χ1n) is 9.79. The van der Waals surface area contributed by atoms with E-state index in [-0.39, 0.29) is 18.0 Å². The average molecular weight is 365 g/mol. The van der Waals surface area contributed by atoms with Gasteiger partial charge in [-0.15, -0.1) is 0 Å². The van der Waals surface area contributed by atoms with E-state index in [9.17, 15) is 4.79 Å². The molecule has 0 aliphatic carbocycles. The quantitative estimate of drug-likeness (QED) is 0.753. The number of benzene rings is 2. The van der Waals surface area contributed by atoms with Crippen molar-refractivity contribution in [2.45, 2.75) is 38.9 Å². The van der Waals surface area contributed by atoms with Gasteiger partial charge in [-0.2, -0.15) is 0 Å². The van der Waals surface area contributed by atoms with Crippen molar-refractivity contribution >= 4 is 27.8 Å².